The van der Waals surface area contributed by atoms with Gasteiger partial charge in [-0.2, -0.15) is 0 Å². The highest BCUT2D eigenvalue weighted by Crippen LogP contribution is 2.40. The molecule has 0 N–H and O–H groups in total. The van der Waals surface area contributed by atoms with Crippen LogP contribution in [-0.4, -0.2) is 10.5 Å². The van der Waals surface area contributed by atoms with Gasteiger partial charge in [0, 0.05) is 6.42 Å². The summed E-state index contributed by atoms with van der Waals surface area (Å²) in [6.45, 7) is 11.8. The van der Waals surface area contributed by atoms with Crippen LogP contribution in [0.4, 0.5) is 0 Å². The van der Waals surface area contributed by atoms with Gasteiger partial charge in [0.25, 0.3) is 0 Å². The zero-order chi connectivity index (χ0) is 15.2. The predicted octanol–water partition coefficient (Wildman–Crippen LogP) is 5.79. The van der Waals surface area contributed by atoms with Gasteiger partial charge in [-0.15, -0.1) is 0 Å². The van der Waals surface area contributed by atoms with Crippen LogP contribution < -0.4 is 0 Å². The molecule has 115 valence electrons. The maximum Gasteiger partial charge on any atom is 0.340 e. The molecule has 0 bridgehead atoms. The Morgan fingerprint density at radius 3 is 2.10 bits per heavy atom. The van der Waals surface area contributed by atoms with Crippen LogP contribution in [0.15, 0.2) is 11.3 Å². The van der Waals surface area contributed by atoms with Crippen molar-refractivity contribution in [1.29, 1.82) is 0 Å². The second kappa shape index (κ2) is 8.26. The molecule has 0 aliphatic heterocycles. The minimum absolute atomic E-state index is 0.363. The van der Waals surface area contributed by atoms with Gasteiger partial charge in [0.1, 0.15) is 0 Å². The van der Waals surface area contributed by atoms with Crippen molar-refractivity contribution >= 4 is 10.5 Å². The van der Waals surface area contributed by atoms with Crippen LogP contribution in [0.2, 0.25) is 0 Å². The molecule has 2 unspecified atom stereocenters. The van der Waals surface area contributed by atoms with E-state index in [1.54, 1.807) is 0 Å². The van der Waals surface area contributed by atoms with E-state index in [0.29, 0.717) is 11.3 Å². The summed E-state index contributed by atoms with van der Waals surface area (Å²) < 4.78 is 5.52. The van der Waals surface area contributed by atoms with E-state index in [1.807, 2.05) is 0 Å². The zero-order valence-corrected chi connectivity index (χ0v) is 15.2. The minimum Gasteiger partial charge on any atom is -0.544 e. The van der Waals surface area contributed by atoms with Crippen molar-refractivity contribution in [3.63, 3.8) is 0 Å². The van der Waals surface area contributed by atoms with Crippen molar-refractivity contribution in [3.8, 4) is 0 Å². The maximum absolute atomic E-state index is 5.52. The lowest BCUT2D eigenvalue weighted by molar-refractivity contribution is 0.166. The first-order valence-corrected chi connectivity index (χ1v) is 8.82. The third-order valence-electron chi connectivity index (χ3n) is 5.13. The molecule has 0 aromatic heterocycles. The van der Waals surface area contributed by atoms with Crippen molar-refractivity contribution in [2.45, 2.75) is 86.0 Å². The molecule has 0 saturated carbocycles. The Bertz CT molecular complexity index is 314. The highest BCUT2D eigenvalue weighted by molar-refractivity contribution is 5.98. The predicted molar refractivity (Wildman–Crippen MR) is 88.6 cm³/mol. The standard InChI is InChI=1S/C18H33OSi/c1-14-15(2)17(19-20)13-11-9-7-6-8-10-12-16(14)18(3,4)5/h14,16H,6-13H2,1-5H3/b17-15+. The molecule has 2 heteroatoms. The summed E-state index contributed by atoms with van der Waals surface area (Å²) in [5.74, 6) is 2.50. The Hall–Kier alpha value is -0.243. The Morgan fingerprint density at radius 2 is 1.55 bits per heavy atom. The summed E-state index contributed by atoms with van der Waals surface area (Å²) in [7, 11) is 3.28. The fourth-order valence-electron chi connectivity index (χ4n) is 3.67. The van der Waals surface area contributed by atoms with E-state index in [0.717, 1.165) is 12.3 Å². The SMILES string of the molecule is C/C1=C(\O[Si])CCCCCCCCC(C(C)(C)C)C1C. The van der Waals surface area contributed by atoms with Crippen LogP contribution in [0.5, 0.6) is 0 Å². The average molecular weight is 294 g/mol. The number of hydrogen-bond donors (Lipinski definition) is 0. The van der Waals surface area contributed by atoms with Gasteiger partial charge >= 0.3 is 10.5 Å². The van der Waals surface area contributed by atoms with Gasteiger partial charge in [0.15, 0.2) is 0 Å². The van der Waals surface area contributed by atoms with Crippen molar-refractivity contribution in [2.24, 2.45) is 17.3 Å². The Kier molecular flexibility index (Phi) is 7.36. The monoisotopic (exact) mass is 293 g/mol. The van der Waals surface area contributed by atoms with Crippen LogP contribution in [-0.2, 0) is 4.43 Å². The van der Waals surface area contributed by atoms with Crippen LogP contribution >= 0.6 is 0 Å². The Labute approximate surface area is 130 Å². The molecule has 0 fully saturated rings. The molecular formula is C18H33OSi. The van der Waals surface area contributed by atoms with E-state index in [2.05, 4.69) is 45.1 Å². The lowest BCUT2D eigenvalue weighted by atomic mass is 9.69. The molecule has 0 spiro atoms. The van der Waals surface area contributed by atoms with Crippen molar-refractivity contribution in [3.05, 3.63) is 11.3 Å². The molecule has 0 saturated heterocycles. The van der Waals surface area contributed by atoms with Crippen molar-refractivity contribution in [1.82, 2.24) is 0 Å². The second-order valence-corrected chi connectivity index (χ2v) is 7.83. The maximum atomic E-state index is 5.52. The molecule has 20 heavy (non-hydrogen) atoms. The van der Waals surface area contributed by atoms with E-state index >= 15 is 0 Å². The molecule has 1 aliphatic rings. The molecule has 2 atom stereocenters. The van der Waals surface area contributed by atoms with Crippen molar-refractivity contribution in [2.75, 3.05) is 0 Å². The molecule has 0 aromatic rings. The first kappa shape index (κ1) is 17.8. The number of rotatable bonds is 1. The van der Waals surface area contributed by atoms with E-state index in [4.69, 9.17) is 4.43 Å². The molecule has 0 amide bonds. The van der Waals surface area contributed by atoms with Gasteiger partial charge in [-0.1, -0.05) is 59.8 Å². The van der Waals surface area contributed by atoms with Gasteiger partial charge in [0.2, 0.25) is 0 Å². The minimum atomic E-state index is 0.363. The normalized spacial score (nSPS) is 31.3. The van der Waals surface area contributed by atoms with E-state index in [9.17, 15) is 0 Å². The highest BCUT2D eigenvalue weighted by atomic mass is 28.2. The summed E-state index contributed by atoms with van der Waals surface area (Å²) in [6.07, 6.45) is 10.6. The average Bonchev–Trinajstić information content (AvgIpc) is 2.37. The van der Waals surface area contributed by atoms with Crippen LogP contribution in [0.25, 0.3) is 0 Å². The van der Waals surface area contributed by atoms with Crippen molar-refractivity contribution < 1.29 is 4.43 Å². The third kappa shape index (κ3) is 5.27. The fraction of sp³-hybridized carbons (Fsp3) is 0.889. The molecule has 0 aromatic carbocycles. The summed E-state index contributed by atoms with van der Waals surface area (Å²) in [5.41, 5.74) is 1.81. The van der Waals surface area contributed by atoms with Gasteiger partial charge in [-0.05, 0) is 42.6 Å². The van der Waals surface area contributed by atoms with Crippen LogP contribution in [0, 0.1) is 17.3 Å². The van der Waals surface area contributed by atoms with Crippen LogP contribution in [0.1, 0.15) is 86.0 Å². The summed E-state index contributed by atoms with van der Waals surface area (Å²) in [4.78, 5) is 0. The van der Waals surface area contributed by atoms with E-state index < -0.39 is 0 Å². The van der Waals surface area contributed by atoms with Crippen LogP contribution in [0.3, 0.4) is 0 Å². The quantitative estimate of drug-likeness (QED) is 0.556. The molecule has 1 nitrogen and oxygen atoms in total. The first-order chi connectivity index (χ1) is 9.38. The topological polar surface area (TPSA) is 9.23 Å². The first-order valence-electron chi connectivity index (χ1n) is 8.41. The van der Waals surface area contributed by atoms with E-state index in [-0.39, 0.29) is 0 Å². The van der Waals surface area contributed by atoms with E-state index in [1.165, 1.54) is 56.3 Å². The largest absolute Gasteiger partial charge is 0.544 e. The second-order valence-electron chi connectivity index (χ2n) is 7.63. The summed E-state index contributed by atoms with van der Waals surface area (Å²) in [5, 5.41) is 0. The smallest absolute Gasteiger partial charge is 0.340 e. The van der Waals surface area contributed by atoms with Gasteiger partial charge in [0.05, 0.1) is 5.76 Å². The fourth-order valence-corrected chi connectivity index (χ4v) is 3.94. The third-order valence-corrected chi connectivity index (χ3v) is 5.38. The molecule has 0 heterocycles. The van der Waals surface area contributed by atoms with Gasteiger partial charge < -0.3 is 4.43 Å². The number of hydrogen-bond acceptors (Lipinski definition) is 1. The lowest BCUT2D eigenvalue weighted by Crippen LogP contribution is -2.28. The molecule has 3 radical (unpaired) electrons. The summed E-state index contributed by atoms with van der Waals surface area (Å²) in [6, 6.07) is 0. The number of allylic oxidation sites excluding steroid dienone is 2. The van der Waals surface area contributed by atoms with Gasteiger partial charge in [-0.3, -0.25) is 0 Å². The molecule has 1 aliphatic carbocycles. The highest BCUT2D eigenvalue weighted by Gasteiger charge is 2.31. The molecular weight excluding hydrogens is 260 g/mol. The lowest BCUT2D eigenvalue weighted by Gasteiger charge is -2.37. The zero-order valence-electron chi connectivity index (χ0n) is 14.2. The summed E-state index contributed by atoms with van der Waals surface area (Å²) >= 11 is 0. The van der Waals surface area contributed by atoms with Gasteiger partial charge in [-0.25, -0.2) is 0 Å². The Balaban J connectivity index is 2.97. The Morgan fingerprint density at radius 1 is 1.00 bits per heavy atom. The molecule has 1 rings (SSSR count).